The first-order valence-electron chi connectivity index (χ1n) is 11.6. The summed E-state index contributed by atoms with van der Waals surface area (Å²) in [6, 6.07) is 22.1. The summed E-state index contributed by atoms with van der Waals surface area (Å²) in [7, 11) is 0. The van der Waals surface area contributed by atoms with Crippen LogP contribution < -0.4 is 5.32 Å². The van der Waals surface area contributed by atoms with Crippen molar-refractivity contribution >= 4 is 11.8 Å². The highest BCUT2D eigenvalue weighted by molar-refractivity contribution is 5.86. The van der Waals surface area contributed by atoms with E-state index in [1.807, 2.05) is 79.5 Å². The third-order valence-electron chi connectivity index (χ3n) is 6.46. The average molecular weight is 442 g/mol. The van der Waals surface area contributed by atoms with E-state index in [0.29, 0.717) is 32.5 Å². The molecular formula is C28H31N3O2. The molecule has 33 heavy (non-hydrogen) atoms. The highest BCUT2D eigenvalue weighted by Crippen LogP contribution is 2.38. The van der Waals surface area contributed by atoms with Crippen LogP contribution in [0.5, 0.6) is 0 Å². The van der Waals surface area contributed by atoms with E-state index < -0.39 is 5.41 Å². The number of likely N-dealkylation sites (tertiary alicyclic amines) is 1. The number of pyridine rings is 1. The molecule has 0 bridgehead atoms. The molecular weight excluding hydrogens is 410 g/mol. The lowest BCUT2D eigenvalue weighted by Gasteiger charge is -2.30. The molecule has 2 amide bonds. The smallest absolute Gasteiger partial charge is 0.228 e. The van der Waals surface area contributed by atoms with Gasteiger partial charge in [-0.3, -0.25) is 14.6 Å². The third kappa shape index (κ3) is 5.14. The fraction of sp³-hybridized carbons (Fsp3) is 0.321. The third-order valence-corrected chi connectivity index (χ3v) is 6.46. The number of amides is 2. The van der Waals surface area contributed by atoms with Gasteiger partial charge < -0.3 is 10.2 Å². The van der Waals surface area contributed by atoms with Crippen LogP contribution in [0.1, 0.15) is 31.4 Å². The van der Waals surface area contributed by atoms with E-state index in [0.717, 1.165) is 22.3 Å². The molecule has 170 valence electrons. The van der Waals surface area contributed by atoms with Gasteiger partial charge in [0.05, 0.1) is 5.41 Å². The summed E-state index contributed by atoms with van der Waals surface area (Å²) in [5.41, 5.74) is 3.59. The zero-order chi connectivity index (χ0) is 23.3. The minimum atomic E-state index is -0.669. The molecule has 3 aromatic rings. The summed E-state index contributed by atoms with van der Waals surface area (Å²) in [5.74, 6) is 0.0236. The number of hydrogen-bond acceptors (Lipinski definition) is 3. The Labute approximate surface area is 195 Å². The van der Waals surface area contributed by atoms with Gasteiger partial charge >= 0.3 is 0 Å². The van der Waals surface area contributed by atoms with Crippen LogP contribution in [-0.2, 0) is 22.6 Å². The van der Waals surface area contributed by atoms with E-state index >= 15 is 0 Å². The molecule has 0 spiro atoms. The Balaban J connectivity index is 1.63. The highest BCUT2D eigenvalue weighted by Gasteiger charge is 2.46. The fourth-order valence-electron chi connectivity index (χ4n) is 4.64. The van der Waals surface area contributed by atoms with E-state index in [1.165, 1.54) is 0 Å². The topological polar surface area (TPSA) is 62.3 Å². The Hall–Kier alpha value is -3.47. The van der Waals surface area contributed by atoms with Gasteiger partial charge in [-0.15, -0.1) is 0 Å². The second-order valence-corrected chi connectivity index (χ2v) is 9.19. The summed E-state index contributed by atoms with van der Waals surface area (Å²) in [5, 5.41) is 3.16. The van der Waals surface area contributed by atoms with Crippen molar-refractivity contribution < 1.29 is 9.59 Å². The molecule has 0 saturated carbocycles. The lowest BCUT2D eigenvalue weighted by Crippen LogP contribution is -2.45. The first kappa shape index (κ1) is 22.7. The summed E-state index contributed by atoms with van der Waals surface area (Å²) < 4.78 is 0. The van der Waals surface area contributed by atoms with E-state index in [-0.39, 0.29) is 17.7 Å². The van der Waals surface area contributed by atoms with Crippen molar-refractivity contribution in [3.05, 3.63) is 90.3 Å². The van der Waals surface area contributed by atoms with E-state index in [9.17, 15) is 9.59 Å². The maximum absolute atomic E-state index is 13.7. The highest BCUT2D eigenvalue weighted by atomic mass is 16.2. The van der Waals surface area contributed by atoms with Crippen LogP contribution in [0, 0.1) is 11.3 Å². The molecule has 1 saturated heterocycles. The molecule has 0 radical (unpaired) electrons. The van der Waals surface area contributed by atoms with Crippen molar-refractivity contribution in [2.45, 2.75) is 33.2 Å². The number of carbonyl (C=O) groups is 2. The summed E-state index contributed by atoms with van der Waals surface area (Å²) in [6.45, 7) is 5.34. The van der Waals surface area contributed by atoms with Crippen LogP contribution in [0.2, 0.25) is 0 Å². The van der Waals surface area contributed by atoms with Gasteiger partial charge in [-0.25, -0.2) is 0 Å². The molecule has 0 unspecified atom stereocenters. The van der Waals surface area contributed by atoms with Crippen LogP contribution in [0.3, 0.4) is 0 Å². The molecule has 1 aliphatic rings. The van der Waals surface area contributed by atoms with Crippen molar-refractivity contribution in [1.29, 1.82) is 0 Å². The second-order valence-electron chi connectivity index (χ2n) is 9.19. The minimum absolute atomic E-state index is 0.00592. The van der Waals surface area contributed by atoms with Gasteiger partial charge in [0, 0.05) is 43.5 Å². The quantitative estimate of drug-likeness (QED) is 0.588. The van der Waals surface area contributed by atoms with Crippen molar-refractivity contribution in [1.82, 2.24) is 15.2 Å². The first-order chi connectivity index (χ1) is 16.0. The minimum Gasteiger partial charge on any atom is -0.351 e. The maximum atomic E-state index is 13.7. The number of benzene rings is 2. The number of hydrogen-bond donors (Lipinski definition) is 1. The molecule has 1 atom stereocenters. The molecule has 0 aliphatic carbocycles. The predicted molar refractivity (Wildman–Crippen MR) is 130 cm³/mol. The lowest BCUT2D eigenvalue weighted by atomic mass is 9.78. The van der Waals surface area contributed by atoms with E-state index in [1.54, 1.807) is 6.20 Å². The van der Waals surface area contributed by atoms with Crippen molar-refractivity contribution in [2.75, 3.05) is 13.1 Å². The molecule has 1 aromatic heterocycles. The zero-order valence-electron chi connectivity index (χ0n) is 19.3. The Kier molecular flexibility index (Phi) is 6.87. The summed E-state index contributed by atoms with van der Waals surface area (Å²) >= 11 is 0. The van der Waals surface area contributed by atoms with Gasteiger partial charge in [0.25, 0.3) is 0 Å². The first-order valence-corrected chi connectivity index (χ1v) is 11.6. The monoisotopic (exact) mass is 441 g/mol. The van der Waals surface area contributed by atoms with Crippen LogP contribution in [0.15, 0.2) is 79.1 Å². The van der Waals surface area contributed by atoms with Gasteiger partial charge in [-0.1, -0.05) is 74.5 Å². The van der Waals surface area contributed by atoms with Crippen molar-refractivity contribution in [3.63, 3.8) is 0 Å². The van der Waals surface area contributed by atoms with Crippen molar-refractivity contribution in [2.24, 2.45) is 11.3 Å². The van der Waals surface area contributed by atoms with Gasteiger partial charge in [0.2, 0.25) is 11.8 Å². The molecule has 5 nitrogen and oxygen atoms in total. The van der Waals surface area contributed by atoms with Crippen LogP contribution in [0.4, 0.5) is 0 Å². The molecule has 2 heterocycles. The molecule has 1 N–H and O–H groups in total. The predicted octanol–water partition coefficient (Wildman–Crippen LogP) is 4.48. The number of carbonyl (C=O) groups excluding carboxylic acids is 2. The Bertz CT molecular complexity index is 1100. The van der Waals surface area contributed by atoms with Crippen LogP contribution >= 0.6 is 0 Å². The zero-order valence-corrected chi connectivity index (χ0v) is 19.3. The number of aromatic nitrogens is 1. The maximum Gasteiger partial charge on any atom is 0.228 e. The van der Waals surface area contributed by atoms with Gasteiger partial charge in [-0.05, 0) is 35.6 Å². The van der Waals surface area contributed by atoms with Crippen LogP contribution in [-0.4, -0.2) is 34.8 Å². The molecule has 1 fully saturated rings. The SMILES string of the molecule is CC(C)C(=O)N1CC[C@](Cc2ccccc2-c2cccnc2)(C(=O)NCc2ccccc2)C1. The average Bonchev–Trinajstić information content (AvgIpc) is 3.28. The summed E-state index contributed by atoms with van der Waals surface area (Å²) in [4.78, 5) is 32.6. The molecule has 4 rings (SSSR count). The molecule has 1 aliphatic heterocycles. The molecule has 2 aromatic carbocycles. The fourth-order valence-corrected chi connectivity index (χ4v) is 4.64. The lowest BCUT2D eigenvalue weighted by molar-refractivity contribution is -0.135. The standard InChI is InChI=1S/C28H31N3O2/c1-21(2)26(32)31-16-14-28(20-31,27(33)30-18-22-9-4-3-5-10-22)17-23-11-6-7-13-25(23)24-12-8-15-29-19-24/h3-13,15,19,21H,14,16-18,20H2,1-2H3,(H,30,33)/t28-/m1/s1. The molecule has 5 heteroatoms. The van der Waals surface area contributed by atoms with Crippen molar-refractivity contribution in [3.8, 4) is 11.1 Å². The normalized spacial score (nSPS) is 17.8. The van der Waals surface area contributed by atoms with Gasteiger partial charge in [0.1, 0.15) is 0 Å². The number of nitrogens with zero attached hydrogens (tertiary/aromatic N) is 2. The Morgan fingerprint density at radius 3 is 2.52 bits per heavy atom. The Morgan fingerprint density at radius 1 is 1.03 bits per heavy atom. The number of nitrogens with one attached hydrogen (secondary N) is 1. The van der Waals surface area contributed by atoms with E-state index in [4.69, 9.17) is 0 Å². The second kappa shape index (κ2) is 9.99. The number of rotatable bonds is 7. The Morgan fingerprint density at radius 2 is 1.79 bits per heavy atom. The van der Waals surface area contributed by atoms with Gasteiger partial charge in [-0.2, -0.15) is 0 Å². The summed E-state index contributed by atoms with van der Waals surface area (Å²) in [6.07, 6.45) is 4.83. The van der Waals surface area contributed by atoms with E-state index in [2.05, 4.69) is 22.4 Å². The largest absolute Gasteiger partial charge is 0.351 e. The van der Waals surface area contributed by atoms with Gasteiger partial charge in [0.15, 0.2) is 0 Å². The van der Waals surface area contributed by atoms with Crippen LogP contribution in [0.25, 0.3) is 11.1 Å².